The molecule has 0 saturated carbocycles. The van der Waals surface area contributed by atoms with Gasteiger partial charge in [-0.15, -0.1) is 0 Å². The fourth-order valence-electron chi connectivity index (χ4n) is 9.99. The molecule has 2 aliphatic rings. The summed E-state index contributed by atoms with van der Waals surface area (Å²) in [5.41, 5.74) is 21.6. The zero-order valence-corrected chi connectivity index (χ0v) is 32.4. The van der Waals surface area contributed by atoms with Crippen molar-refractivity contribution < 1.29 is 0 Å². The molecule has 2 aliphatic carbocycles. The number of hydrogen-bond acceptors (Lipinski definition) is 0. The van der Waals surface area contributed by atoms with Gasteiger partial charge in [0, 0.05) is 33.2 Å². The summed E-state index contributed by atoms with van der Waals surface area (Å²) in [6.07, 6.45) is 6.72. The average Bonchev–Trinajstić information content (AvgIpc) is 3.94. The van der Waals surface area contributed by atoms with Crippen LogP contribution in [0.5, 0.6) is 0 Å². The topological polar surface area (TPSA) is 9.86 Å². The SMILES string of the molecule is CC1CC=Cc2c1c1ccccc1n2-c1cc(-c2ccccc2)cc(-c2ccc3c(c2)c2ccccc2n3-c2ccc3c(c2)-c2cc(-c4ccccc4)ccc2C3)c1. The summed E-state index contributed by atoms with van der Waals surface area (Å²) in [5.74, 6) is 0.467. The van der Waals surface area contributed by atoms with Crippen molar-refractivity contribution in [2.24, 2.45) is 0 Å². The molecule has 0 bridgehead atoms. The van der Waals surface area contributed by atoms with Gasteiger partial charge >= 0.3 is 0 Å². The maximum absolute atomic E-state index is 2.49. The van der Waals surface area contributed by atoms with Crippen LogP contribution in [0.4, 0.5) is 0 Å². The number of rotatable bonds is 5. The third-order valence-electron chi connectivity index (χ3n) is 12.7. The van der Waals surface area contributed by atoms with Crippen LogP contribution in [0.25, 0.3) is 94.7 Å². The molecule has 0 saturated heterocycles. The minimum Gasteiger partial charge on any atom is -0.310 e. The normalized spacial score (nSPS) is 14.3. The molecular weight excluding hydrogens is 701 g/mol. The van der Waals surface area contributed by atoms with Crippen molar-refractivity contribution in [3.05, 3.63) is 210 Å². The lowest BCUT2D eigenvalue weighted by Gasteiger charge is -2.18. The maximum atomic E-state index is 2.49. The molecule has 0 spiro atoms. The smallest absolute Gasteiger partial charge is 0.0541 e. The Bertz CT molecular complexity index is 3280. The quantitative estimate of drug-likeness (QED) is 0.166. The van der Waals surface area contributed by atoms with Gasteiger partial charge in [0.1, 0.15) is 0 Å². The Morgan fingerprint density at radius 1 is 0.414 bits per heavy atom. The molecule has 58 heavy (non-hydrogen) atoms. The Balaban J connectivity index is 1.03. The highest BCUT2D eigenvalue weighted by molar-refractivity contribution is 6.10. The molecular formula is C56H40N2. The second-order valence-corrected chi connectivity index (χ2v) is 16.2. The molecule has 0 fully saturated rings. The van der Waals surface area contributed by atoms with Crippen molar-refractivity contribution in [3.63, 3.8) is 0 Å². The molecule has 10 aromatic rings. The van der Waals surface area contributed by atoms with Crippen LogP contribution in [-0.2, 0) is 6.42 Å². The lowest BCUT2D eigenvalue weighted by molar-refractivity contribution is 0.773. The molecule has 2 heterocycles. The summed E-state index contributed by atoms with van der Waals surface area (Å²) < 4.78 is 4.96. The van der Waals surface area contributed by atoms with Crippen LogP contribution >= 0.6 is 0 Å². The predicted octanol–water partition coefficient (Wildman–Crippen LogP) is 14.8. The first kappa shape index (κ1) is 33.0. The molecule has 1 unspecified atom stereocenters. The molecule has 0 amide bonds. The van der Waals surface area contributed by atoms with Crippen molar-refractivity contribution in [2.75, 3.05) is 0 Å². The summed E-state index contributed by atoms with van der Waals surface area (Å²) in [4.78, 5) is 0. The van der Waals surface area contributed by atoms with E-state index in [1.54, 1.807) is 0 Å². The van der Waals surface area contributed by atoms with Crippen molar-refractivity contribution in [1.29, 1.82) is 0 Å². The molecule has 2 heteroatoms. The number of fused-ring (bicyclic) bond motifs is 9. The van der Waals surface area contributed by atoms with E-state index in [1.807, 2.05) is 0 Å². The zero-order valence-electron chi connectivity index (χ0n) is 32.4. The first-order valence-electron chi connectivity index (χ1n) is 20.5. The fourth-order valence-corrected chi connectivity index (χ4v) is 9.99. The van der Waals surface area contributed by atoms with E-state index in [9.17, 15) is 0 Å². The van der Waals surface area contributed by atoms with Crippen molar-refractivity contribution in [2.45, 2.75) is 25.7 Å². The lowest BCUT2D eigenvalue weighted by atomic mass is 9.91. The Hall–Kier alpha value is -7.16. The van der Waals surface area contributed by atoms with Gasteiger partial charge in [0.15, 0.2) is 0 Å². The van der Waals surface area contributed by atoms with Crippen LogP contribution in [0.3, 0.4) is 0 Å². The van der Waals surface area contributed by atoms with Crippen LogP contribution < -0.4 is 0 Å². The van der Waals surface area contributed by atoms with E-state index in [1.165, 1.54) is 111 Å². The van der Waals surface area contributed by atoms with Gasteiger partial charge in [0.05, 0.1) is 16.6 Å². The molecule has 12 rings (SSSR count). The molecule has 0 aliphatic heterocycles. The maximum Gasteiger partial charge on any atom is 0.0541 e. The van der Waals surface area contributed by atoms with E-state index < -0.39 is 0 Å². The summed E-state index contributed by atoms with van der Waals surface area (Å²) in [5, 5.41) is 3.87. The largest absolute Gasteiger partial charge is 0.310 e. The molecule has 274 valence electrons. The van der Waals surface area contributed by atoms with E-state index >= 15 is 0 Å². The van der Waals surface area contributed by atoms with Gasteiger partial charge in [0.2, 0.25) is 0 Å². The Labute approximate surface area is 338 Å². The van der Waals surface area contributed by atoms with Gasteiger partial charge in [-0.25, -0.2) is 0 Å². The molecule has 0 radical (unpaired) electrons. The van der Waals surface area contributed by atoms with E-state index in [0.717, 1.165) is 12.8 Å². The molecule has 2 nitrogen and oxygen atoms in total. The highest BCUT2D eigenvalue weighted by Crippen LogP contribution is 2.44. The zero-order chi connectivity index (χ0) is 38.3. The van der Waals surface area contributed by atoms with Gasteiger partial charge in [-0.2, -0.15) is 0 Å². The second-order valence-electron chi connectivity index (χ2n) is 16.2. The predicted molar refractivity (Wildman–Crippen MR) is 244 cm³/mol. The molecule has 1 atom stereocenters. The standard InChI is InChI=1S/C56H40N2/c1-36-13-12-22-55-56(36)48-19-9-11-21-53(48)58(55)46-31-43(38-16-6-3-7-17-38)30-44(32-46)40-26-28-54-51(34-40)47-18-8-10-20-52(47)57(54)45-27-25-42-29-41-24-23-39(33-49(41)50(42)35-45)37-14-4-2-5-15-37/h2-12,14-28,30-36H,13,29H2,1H3. The highest BCUT2D eigenvalue weighted by atomic mass is 15.0. The molecule has 8 aromatic carbocycles. The lowest BCUT2D eigenvalue weighted by Crippen LogP contribution is -2.03. The first-order valence-corrected chi connectivity index (χ1v) is 20.5. The summed E-state index contributed by atoms with van der Waals surface area (Å²) >= 11 is 0. The van der Waals surface area contributed by atoms with E-state index in [-0.39, 0.29) is 0 Å². The van der Waals surface area contributed by atoms with Gasteiger partial charge < -0.3 is 9.13 Å². The molecule has 2 aromatic heterocycles. The third-order valence-corrected chi connectivity index (χ3v) is 12.7. The van der Waals surface area contributed by atoms with Gasteiger partial charge in [0.25, 0.3) is 0 Å². The number of nitrogens with zero attached hydrogens (tertiary/aromatic N) is 2. The number of aromatic nitrogens is 2. The van der Waals surface area contributed by atoms with Crippen molar-refractivity contribution in [1.82, 2.24) is 9.13 Å². The minimum atomic E-state index is 0.467. The Kier molecular flexibility index (Phi) is 7.37. The Morgan fingerprint density at radius 2 is 1.00 bits per heavy atom. The number of hydrogen-bond donors (Lipinski definition) is 0. The number of benzene rings is 8. The number of para-hydroxylation sites is 2. The summed E-state index contributed by atoms with van der Waals surface area (Å²) in [6.45, 7) is 2.36. The van der Waals surface area contributed by atoms with Crippen LogP contribution in [0.2, 0.25) is 0 Å². The summed E-state index contributed by atoms with van der Waals surface area (Å²) in [7, 11) is 0. The first-order chi connectivity index (χ1) is 28.7. The van der Waals surface area contributed by atoms with Gasteiger partial charge in [-0.3, -0.25) is 0 Å². The van der Waals surface area contributed by atoms with Gasteiger partial charge in [-0.05, 0) is 147 Å². The number of allylic oxidation sites excluding steroid dienone is 1. The van der Waals surface area contributed by atoms with Crippen LogP contribution in [0.15, 0.2) is 188 Å². The van der Waals surface area contributed by atoms with E-state index in [0.29, 0.717) is 5.92 Å². The molecule has 0 N–H and O–H groups in total. The average molecular weight is 741 g/mol. The van der Waals surface area contributed by atoms with E-state index in [2.05, 4.69) is 210 Å². The minimum absolute atomic E-state index is 0.467. The van der Waals surface area contributed by atoms with Crippen LogP contribution in [0, 0.1) is 0 Å². The van der Waals surface area contributed by atoms with Crippen LogP contribution in [-0.4, -0.2) is 9.13 Å². The van der Waals surface area contributed by atoms with Crippen LogP contribution in [0.1, 0.15) is 41.6 Å². The fraction of sp³-hybridized carbons (Fsp3) is 0.0714. The van der Waals surface area contributed by atoms with E-state index in [4.69, 9.17) is 0 Å². The highest BCUT2D eigenvalue weighted by Gasteiger charge is 2.24. The Morgan fingerprint density at radius 3 is 1.78 bits per heavy atom. The van der Waals surface area contributed by atoms with Gasteiger partial charge in [-0.1, -0.05) is 134 Å². The monoisotopic (exact) mass is 740 g/mol. The van der Waals surface area contributed by atoms with Crippen molar-refractivity contribution >= 4 is 38.8 Å². The second kappa shape index (κ2) is 12.9. The third kappa shape index (κ3) is 5.11. The summed E-state index contributed by atoms with van der Waals surface area (Å²) in [6, 6.07) is 67.7. The van der Waals surface area contributed by atoms with Crippen molar-refractivity contribution in [3.8, 4) is 55.9 Å².